The number of ether oxygens (including phenoxy) is 4. The summed E-state index contributed by atoms with van der Waals surface area (Å²) in [6.45, 7) is 15.5. The number of para-hydroxylation sites is 1. The summed E-state index contributed by atoms with van der Waals surface area (Å²) in [6, 6.07) is 5.49. The number of fused-ring (bicyclic) bond motifs is 5. The molecule has 5 heterocycles. The number of morpholine rings is 1. The Labute approximate surface area is 392 Å². The molecule has 0 radical (unpaired) electrons. The number of pyridine rings is 1. The summed E-state index contributed by atoms with van der Waals surface area (Å²) in [7, 11) is -4.01. The molecule has 5 fully saturated rings. The third-order valence-electron chi connectivity index (χ3n) is 13.7. The van der Waals surface area contributed by atoms with Crippen molar-refractivity contribution < 1.29 is 67.7 Å². The molecule has 3 N–H and O–H groups in total. The van der Waals surface area contributed by atoms with E-state index in [1.54, 1.807) is 13.0 Å². The molecule has 0 spiro atoms. The van der Waals surface area contributed by atoms with Gasteiger partial charge in [0.15, 0.2) is 0 Å². The third kappa shape index (κ3) is 10.4. The Kier molecular flexibility index (Phi) is 14.1. The monoisotopic (exact) mass is 1030 g/mol. The number of nitrogens with zero attached hydrogens (tertiary/aromatic N) is 3. The fraction of sp³-hybridized carbons (Fsp3) is 0.638. The molecule has 356 valence electrons. The molecule has 8 rings (SSSR count). The first-order valence-electron chi connectivity index (χ1n) is 23.1. The van der Waals surface area contributed by atoms with Gasteiger partial charge in [-0.05, 0) is 32.1 Å². The first-order valence-corrected chi connectivity index (χ1v) is 26.9. The quantitative estimate of drug-likeness (QED) is 0.0964. The van der Waals surface area contributed by atoms with E-state index in [0.717, 1.165) is 82.3 Å². The first kappa shape index (κ1) is 47.5. The van der Waals surface area contributed by atoms with Crippen LogP contribution in [0.3, 0.4) is 0 Å². The summed E-state index contributed by atoms with van der Waals surface area (Å²) in [5.74, 6) is -0.790. The summed E-state index contributed by atoms with van der Waals surface area (Å²) < 4.78 is 50.9. The van der Waals surface area contributed by atoms with Gasteiger partial charge >= 0.3 is 314 Å². The predicted octanol–water partition coefficient (Wildman–Crippen LogP) is 1.35. The van der Waals surface area contributed by atoms with Gasteiger partial charge in [-0.25, -0.2) is 0 Å². The third-order valence-corrected chi connectivity index (χ3v) is 19.7. The van der Waals surface area contributed by atoms with Crippen LogP contribution in [0.25, 0.3) is 10.9 Å². The minimum absolute atomic E-state index is 0.0211. The average molecular weight is 1030 g/mol. The van der Waals surface area contributed by atoms with E-state index in [2.05, 4.69) is 39.0 Å². The van der Waals surface area contributed by atoms with Crippen LogP contribution in [0.5, 0.6) is 11.6 Å². The maximum absolute atomic E-state index is 15.0. The van der Waals surface area contributed by atoms with Crippen LogP contribution < -0.4 is 46.0 Å². The van der Waals surface area contributed by atoms with Crippen molar-refractivity contribution >= 4 is 44.7 Å². The Bertz CT molecular complexity index is 2290. The topological polar surface area (TPSA) is 195 Å². The molecule has 0 unspecified atom stereocenters. The number of halogens is 1. The number of nitrogens with one attached hydrogen (secondary N) is 3. The number of hydrogen-bond donors (Lipinski definition) is 3. The number of allylic oxidation sites excluding steroid dienone is 2. The zero-order valence-corrected chi connectivity index (χ0v) is 40.9. The van der Waals surface area contributed by atoms with Crippen molar-refractivity contribution in [2.45, 2.75) is 128 Å². The molecule has 18 heteroatoms. The Morgan fingerprint density at radius 2 is 1.86 bits per heavy atom. The number of carbonyl (C=O) groups excluding carboxylic acids is 4. The molecule has 7 atom stereocenters. The van der Waals surface area contributed by atoms with Gasteiger partial charge in [-0.2, -0.15) is 0 Å². The second-order valence-corrected chi connectivity index (χ2v) is 25.4. The first-order chi connectivity index (χ1) is 31.0. The summed E-state index contributed by atoms with van der Waals surface area (Å²) in [4.78, 5) is 66.2. The van der Waals surface area contributed by atoms with Crippen LogP contribution in [0.4, 0.5) is 4.79 Å². The van der Waals surface area contributed by atoms with Gasteiger partial charge < -0.3 is 4.74 Å². The van der Waals surface area contributed by atoms with Gasteiger partial charge in [0.1, 0.15) is 0 Å². The summed E-state index contributed by atoms with van der Waals surface area (Å²) in [5, 5.41) is 6.65. The number of rotatable bonds is 11. The van der Waals surface area contributed by atoms with E-state index < -0.39 is 90.9 Å². The van der Waals surface area contributed by atoms with Crippen molar-refractivity contribution in [2.24, 2.45) is 11.3 Å². The maximum atomic E-state index is 15.0. The van der Waals surface area contributed by atoms with E-state index in [0.29, 0.717) is 43.0 Å². The van der Waals surface area contributed by atoms with Crippen LogP contribution in [-0.2, 0) is 40.3 Å². The van der Waals surface area contributed by atoms with Crippen LogP contribution in [0.1, 0.15) is 91.0 Å². The molecule has 16 nitrogen and oxygen atoms in total. The molecule has 6 aliphatic rings. The van der Waals surface area contributed by atoms with E-state index >= 15 is 4.79 Å². The second kappa shape index (κ2) is 19.3. The van der Waals surface area contributed by atoms with Gasteiger partial charge in [-0.3, -0.25) is 4.90 Å². The number of aromatic nitrogens is 1. The van der Waals surface area contributed by atoms with Gasteiger partial charge in [-0.1, -0.05) is 6.07 Å². The summed E-state index contributed by atoms with van der Waals surface area (Å²) in [6.07, 6.45) is 10.4. The fourth-order valence-corrected chi connectivity index (χ4v) is 13.5. The molecule has 1 aromatic heterocycles. The molecule has 4 aliphatic heterocycles. The minimum atomic E-state index is -4.01. The number of alkyl carbamates (subject to hydrolysis) is 1. The average Bonchev–Trinajstić information content (AvgIpc) is 4.09. The van der Waals surface area contributed by atoms with Crippen molar-refractivity contribution in [3.05, 3.63) is 54.6 Å². The van der Waals surface area contributed by atoms with Gasteiger partial charge in [0.05, 0.1) is 13.2 Å². The molecule has 3 saturated heterocycles. The van der Waals surface area contributed by atoms with Crippen LogP contribution in [-0.4, -0.2) is 130 Å². The van der Waals surface area contributed by atoms with Gasteiger partial charge in [0.2, 0.25) is 0 Å². The molecule has 2 aromatic rings. The molecular formula is C47H64IN6O10S-. The van der Waals surface area contributed by atoms with E-state index in [9.17, 15) is 22.8 Å². The summed E-state index contributed by atoms with van der Waals surface area (Å²) >= 11 is -1.09. The van der Waals surface area contributed by atoms with Crippen LogP contribution in [0.15, 0.2) is 49.1 Å². The molecule has 1 aromatic carbocycles. The van der Waals surface area contributed by atoms with E-state index in [1.807, 2.05) is 45.0 Å². The zero-order valence-electron chi connectivity index (χ0n) is 37.9. The predicted molar refractivity (Wildman–Crippen MR) is 239 cm³/mol. The number of benzene rings is 1. The summed E-state index contributed by atoms with van der Waals surface area (Å²) in [5.41, 5.74) is 0.597. The van der Waals surface area contributed by atoms with Crippen molar-refractivity contribution in [1.29, 1.82) is 0 Å². The molecule has 65 heavy (non-hydrogen) atoms. The number of alkyl halides is 2. The second-order valence-electron chi connectivity index (χ2n) is 19.5. The van der Waals surface area contributed by atoms with Crippen LogP contribution in [0.2, 0.25) is 0 Å². The van der Waals surface area contributed by atoms with Crippen LogP contribution in [0, 0.1) is 11.3 Å². The van der Waals surface area contributed by atoms with Gasteiger partial charge in [0.25, 0.3) is 0 Å². The SMILES string of the molecule is C=C[C@@H]1[I-][C@]1(NC(=O)[C@@H]1C[C@@H]2CN1C(=O)[C@H](C(C)(C)C)NC(=O)O[C@@H]1CCC[C@H]1CC/C=C/Cc1c(nc3ccccc3c1OCCCN1CCOCC1)O2)C(=O)NS(=O)(=O)C1(C)CC1. The molecule has 4 amide bonds. The van der Waals surface area contributed by atoms with E-state index in [1.165, 1.54) is 4.90 Å². The van der Waals surface area contributed by atoms with Crippen molar-refractivity contribution in [2.75, 3.05) is 46.0 Å². The number of sulfonamides is 1. The molecule has 2 bridgehead atoms. The van der Waals surface area contributed by atoms with Crippen LogP contribution >= 0.6 is 0 Å². The van der Waals surface area contributed by atoms with Crippen molar-refractivity contribution in [1.82, 2.24) is 30.1 Å². The fourth-order valence-electron chi connectivity index (χ4n) is 9.40. The molecular weight excluding hydrogens is 968 g/mol. The number of amides is 4. The Balaban J connectivity index is 1.13. The number of hydrogen-bond acceptors (Lipinski definition) is 12. The van der Waals surface area contributed by atoms with Gasteiger partial charge in [-0.15, -0.1) is 0 Å². The normalized spacial score (nSPS) is 30.1. The van der Waals surface area contributed by atoms with E-state index in [-0.39, 0.29) is 25.0 Å². The molecule has 2 aliphatic carbocycles. The van der Waals surface area contributed by atoms with E-state index in [4.69, 9.17) is 23.9 Å². The Hall–Kier alpha value is -4.01. The zero-order chi connectivity index (χ0) is 46.1. The van der Waals surface area contributed by atoms with Gasteiger partial charge in [0, 0.05) is 19.6 Å². The van der Waals surface area contributed by atoms with Crippen molar-refractivity contribution in [3.63, 3.8) is 0 Å². The standard InChI is InChI=1S/C47H64IN6O10S/c1-6-37-47(48-37,43(57)52-65(59,60)46(5)20-21-46)51-40(55)35-28-31-29-54(35)42(56)39(45(2,3)4)50-44(58)64-36-19-12-15-30(36)14-8-7-9-17-33-38(62-25-13-22-53-23-26-61-27-24-53)32-16-10-11-18-34(32)49-41(33)63-31/h6-7,9-11,16,18,30-31,35-37,39H,1,8,12-15,17,19-29H2,2-5H3,(H,50,58)(H,51,55)(H,52,57)/q-1/b9-7+/t30-,31-,35+,36-,37+,39-,47-/m1/s1. The Morgan fingerprint density at radius 1 is 1.09 bits per heavy atom. The van der Waals surface area contributed by atoms with Crippen molar-refractivity contribution in [3.8, 4) is 11.6 Å². The molecule has 2 saturated carbocycles. The number of carbonyl (C=O) groups is 4. The Morgan fingerprint density at radius 3 is 2.58 bits per heavy atom.